The summed E-state index contributed by atoms with van der Waals surface area (Å²) in [7, 11) is 1.57. The molecule has 1 aromatic heterocycles. The molecule has 5 heteroatoms. The topological polar surface area (TPSA) is 61.2 Å². The minimum atomic E-state index is 0.520. The molecule has 0 saturated carbocycles. The molecule has 0 amide bonds. The Morgan fingerprint density at radius 2 is 2.25 bits per heavy atom. The molecule has 5 nitrogen and oxygen atoms in total. The molecule has 0 bridgehead atoms. The minimum Gasteiger partial charge on any atom is -0.495 e. The highest BCUT2D eigenvalue weighted by atomic mass is 16.5. The zero-order valence-electron chi connectivity index (χ0n) is 9.23. The predicted octanol–water partition coefficient (Wildman–Crippen LogP) is 0.371. The third-order valence-corrected chi connectivity index (χ3v) is 2.64. The van der Waals surface area contributed by atoms with E-state index in [0.29, 0.717) is 11.3 Å². The van der Waals surface area contributed by atoms with Gasteiger partial charge < -0.3 is 15.0 Å². The molecule has 0 spiro atoms. The number of nitrogens with one attached hydrogen (secondary N) is 1. The van der Waals surface area contributed by atoms with E-state index in [2.05, 4.69) is 21.3 Å². The monoisotopic (exact) mass is 218 g/mol. The summed E-state index contributed by atoms with van der Waals surface area (Å²) in [6.07, 6.45) is 1.68. The molecule has 0 radical (unpaired) electrons. The molecular formula is C11H14N4O. The molecule has 2 heterocycles. The second kappa shape index (κ2) is 4.81. The van der Waals surface area contributed by atoms with Gasteiger partial charge in [-0.3, -0.25) is 0 Å². The Morgan fingerprint density at radius 3 is 2.88 bits per heavy atom. The van der Waals surface area contributed by atoms with E-state index in [0.717, 1.165) is 32.0 Å². The summed E-state index contributed by atoms with van der Waals surface area (Å²) >= 11 is 0. The van der Waals surface area contributed by atoms with Crippen LogP contribution >= 0.6 is 0 Å². The van der Waals surface area contributed by atoms with Gasteiger partial charge in [0.15, 0.2) is 0 Å². The molecule has 1 aliphatic heterocycles. The Balaban J connectivity index is 2.35. The van der Waals surface area contributed by atoms with Crippen molar-refractivity contribution in [1.82, 2.24) is 10.3 Å². The molecule has 16 heavy (non-hydrogen) atoms. The van der Waals surface area contributed by atoms with Crippen LogP contribution in [0.5, 0.6) is 5.75 Å². The normalized spacial score (nSPS) is 15.6. The lowest BCUT2D eigenvalue weighted by Crippen LogP contribution is -2.44. The maximum absolute atomic E-state index is 9.15. The summed E-state index contributed by atoms with van der Waals surface area (Å²) in [6.45, 7) is 3.58. The number of methoxy groups -OCH3 is 1. The summed E-state index contributed by atoms with van der Waals surface area (Å²) in [5, 5.41) is 12.4. The first-order chi connectivity index (χ1) is 7.86. The first-order valence-electron chi connectivity index (χ1n) is 5.25. The fourth-order valence-corrected chi connectivity index (χ4v) is 1.83. The Labute approximate surface area is 94.7 Å². The first kappa shape index (κ1) is 10.7. The fourth-order valence-electron chi connectivity index (χ4n) is 1.83. The number of hydrogen-bond donors (Lipinski definition) is 1. The standard InChI is InChI=1S/C11H14N4O/c1-16-10-2-3-14-11(9(10)8-12)15-6-4-13-5-7-15/h2-3,13H,4-7H2,1H3. The van der Waals surface area contributed by atoms with Crippen LogP contribution in [0.4, 0.5) is 5.82 Å². The van der Waals surface area contributed by atoms with Crippen LogP contribution in [0.3, 0.4) is 0 Å². The molecule has 2 rings (SSSR count). The largest absolute Gasteiger partial charge is 0.495 e. The number of nitrogens with zero attached hydrogens (tertiary/aromatic N) is 3. The second-order valence-corrected chi connectivity index (χ2v) is 3.56. The quantitative estimate of drug-likeness (QED) is 0.777. The predicted molar refractivity (Wildman–Crippen MR) is 60.6 cm³/mol. The van der Waals surface area contributed by atoms with Gasteiger partial charge in [-0.25, -0.2) is 4.98 Å². The maximum Gasteiger partial charge on any atom is 0.150 e. The Morgan fingerprint density at radius 1 is 1.50 bits per heavy atom. The molecule has 84 valence electrons. The van der Waals surface area contributed by atoms with E-state index in [4.69, 9.17) is 10.00 Å². The smallest absolute Gasteiger partial charge is 0.150 e. The fraction of sp³-hybridized carbons (Fsp3) is 0.455. The van der Waals surface area contributed by atoms with Crippen LogP contribution in [0.1, 0.15) is 5.56 Å². The summed E-state index contributed by atoms with van der Waals surface area (Å²) in [6, 6.07) is 3.88. The summed E-state index contributed by atoms with van der Waals surface area (Å²) < 4.78 is 5.16. The van der Waals surface area contributed by atoms with Crippen molar-refractivity contribution in [3.8, 4) is 11.8 Å². The van der Waals surface area contributed by atoms with Gasteiger partial charge in [0, 0.05) is 32.4 Å². The molecule has 1 N–H and O–H groups in total. The van der Waals surface area contributed by atoms with Crippen LogP contribution in [0, 0.1) is 11.3 Å². The lowest BCUT2D eigenvalue weighted by molar-refractivity contribution is 0.412. The highest BCUT2D eigenvalue weighted by Crippen LogP contribution is 2.25. The van der Waals surface area contributed by atoms with Crippen molar-refractivity contribution in [2.24, 2.45) is 0 Å². The van der Waals surface area contributed by atoms with Crippen molar-refractivity contribution in [1.29, 1.82) is 5.26 Å². The van der Waals surface area contributed by atoms with E-state index in [1.54, 1.807) is 19.4 Å². The summed E-state index contributed by atoms with van der Waals surface area (Å²) in [4.78, 5) is 6.39. The van der Waals surface area contributed by atoms with Gasteiger partial charge in [-0.1, -0.05) is 0 Å². The lowest BCUT2D eigenvalue weighted by Gasteiger charge is -2.29. The molecule has 1 fully saturated rings. The van der Waals surface area contributed by atoms with Crippen LogP contribution in [-0.4, -0.2) is 38.3 Å². The number of rotatable bonds is 2. The number of ether oxygens (including phenoxy) is 1. The van der Waals surface area contributed by atoms with Gasteiger partial charge in [0.25, 0.3) is 0 Å². The van der Waals surface area contributed by atoms with E-state index in [1.807, 2.05) is 0 Å². The van der Waals surface area contributed by atoms with Crippen LogP contribution in [-0.2, 0) is 0 Å². The number of anilines is 1. The van der Waals surface area contributed by atoms with Crippen LogP contribution in [0.25, 0.3) is 0 Å². The summed E-state index contributed by atoms with van der Waals surface area (Å²) in [5.41, 5.74) is 0.520. The minimum absolute atomic E-state index is 0.520. The Hall–Kier alpha value is -1.80. The number of nitriles is 1. The van der Waals surface area contributed by atoms with E-state index in [9.17, 15) is 0 Å². The van der Waals surface area contributed by atoms with E-state index >= 15 is 0 Å². The molecule has 0 unspecified atom stereocenters. The average molecular weight is 218 g/mol. The summed E-state index contributed by atoms with van der Waals surface area (Å²) in [5.74, 6) is 1.31. The van der Waals surface area contributed by atoms with Crippen molar-refractivity contribution in [2.45, 2.75) is 0 Å². The Kier molecular flexibility index (Phi) is 3.22. The SMILES string of the molecule is COc1ccnc(N2CCNCC2)c1C#N. The van der Waals surface area contributed by atoms with Crippen LogP contribution < -0.4 is 15.0 Å². The maximum atomic E-state index is 9.15. The lowest BCUT2D eigenvalue weighted by atomic mass is 10.2. The van der Waals surface area contributed by atoms with Crippen molar-refractivity contribution < 1.29 is 4.74 Å². The molecule has 1 saturated heterocycles. The number of aromatic nitrogens is 1. The van der Waals surface area contributed by atoms with Gasteiger partial charge in [-0.15, -0.1) is 0 Å². The van der Waals surface area contributed by atoms with Gasteiger partial charge >= 0.3 is 0 Å². The van der Waals surface area contributed by atoms with Gasteiger partial charge in [0.1, 0.15) is 23.2 Å². The molecule has 0 aromatic carbocycles. The number of hydrogen-bond acceptors (Lipinski definition) is 5. The van der Waals surface area contributed by atoms with Crippen LogP contribution in [0.15, 0.2) is 12.3 Å². The van der Waals surface area contributed by atoms with Gasteiger partial charge in [-0.2, -0.15) is 5.26 Å². The van der Waals surface area contributed by atoms with Crippen molar-refractivity contribution in [2.75, 3.05) is 38.2 Å². The third kappa shape index (κ3) is 1.92. The zero-order chi connectivity index (χ0) is 11.4. The first-order valence-corrected chi connectivity index (χ1v) is 5.25. The molecular weight excluding hydrogens is 204 g/mol. The van der Waals surface area contributed by atoms with E-state index in [1.165, 1.54) is 0 Å². The van der Waals surface area contributed by atoms with Gasteiger partial charge in [-0.05, 0) is 6.07 Å². The third-order valence-electron chi connectivity index (χ3n) is 2.64. The second-order valence-electron chi connectivity index (χ2n) is 3.56. The Bertz CT molecular complexity index is 407. The highest BCUT2D eigenvalue weighted by Gasteiger charge is 2.18. The molecule has 1 aromatic rings. The zero-order valence-corrected chi connectivity index (χ0v) is 9.23. The highest BCUT2D eigenvalue weighted by molar-refractivity contribution is 5.60. The number of pyridine rings is 1. The molecule has 0 atom stereocenters. The van der Waals surface area contributed by atoms with Crippen LogP contribution in [0.2, 0.25) is 0 Å². The molecule has 0 aliphatic carbocycles. The number of piperazine rings is 1. The van der Waals surface area contributed by atoms with E-state index in [-0.39, 0.29) is 0 Å². The van der Waals surface area contributed by atoms with E-state index < -0.39 is 0 Å². The average Bonchev–Trinajstić information content (AvgIpc) is 2.38. The van der Waals surface area contributed by atoms with Gasteiger partial charge in [0.2, 0.25) is 0 Å². The van der Waals surface area contributed by atoms with Crippen molar-refractivity contribution in [3.63, 3.8) is 0 Å². The van der Waals surface area contributed by atoms with Crippen molar-refractivity contribution in [3.05, 3.63) is 17.8 Å². The molecule has 1 aliphatic rings. The van der Waals surface area contributed by atoms with Crippen molar-refractivity contribution >= 4 is 5.82 Å². The van der Waals surface area contributed by atoms with Gasteiger partial charge in [0.05, 0.1) is 7.11 Å².